The molecule has 1 aromatic carbocycles. The second kappa shape index (κ2) is 5.99. The first kappa shape index (κ1) is 17.6. The molecular formula is C21H18N4O4. The third-order valence-corrected chi connectivity index (χ3v) is 5.75. The van der Waals surface area contributed by atoms with Crippen LogP contribution in [0.5, 0.6) is 0 Å². The second-order valence-electron chi connectivity index (χ2n) is 7.30. The smallest absolute Gasteiger partial charge is 0.343 e. The van der Waals surface area contributed by atoms with Crippen LogP contribution in [0.25, 0.3) is 22.3 Å². The highest BCUT2D eigenvalue weighted by Gasteiger charge is 2.45. The van der Waals surface area contributed by atoms with E-state index in [2.05, 4.69) is 5.32 Å². The predicted octanol–water partition coefficient (Wildman–Crippen LogP) is 2.10. The van der Waals surface area contributed by atoms with E-state index in [1.807, 2.05) is 24.3 Å². The Labute approximate surface area is 165 Å². The number of pyridine rings is 2. The van der Waals surface area contributed by atoms with E-state index in [0.29, 0.717) is 29.1 Å². The quantitative estimate of drug-likeness (QED) is 0.280. The van der Waals surface area contributed by atoms with Crippen molar-refractivity contribution in [3.63, 3.8) is 0 Å². The van der Waals surface area contributed by atoms with Crippen molar-refractivity contribution in [1.29, 1.82) is 5.41 Å². The third-order valence-electron chi connectivity index (χ3n) is 5.75. The maximum Gasteiger partial charge on any atom is 0.343 e. The van der Waals surface area contributed by atoms with Crippen LogP contribution in [0.4, 0.5) is 5.69 Å². The Balaban J connectivity index is 1.73. The molecule has 0 fully saturated rings. The summed E-state index contributed by atoms with van der Waals surface area (Å²) in [5.74, 6) is -0.729. The largest absolute Gasteiger partial charge is 0.458 e. The standard InChI is InChI=1S/C21H18N4O4/c1-2-21(28)15-7-17-18-12(8-25(17)19(26)14(15)9-29-20(21)27)5-11-6-13(23-10-22)3-4-16(11)24-18/h3-7,10,28H,2,8-9H2,1H3,(H2,22,23)/t21-/m0/s1. The first-order valence-corrected chi connectivity index (χ1v) is 9.32. The molecule has 2 aliphatic rings. The Bertz CT molecular complexity index is 1280. The van der Waals surface area contributed by atoms with E-state index < -0.39 is 11.6 Å². The van der Waals surface area contributed by atoms with Crippen molar-refractivity contribution in [1.82, 2.24) is 9.55 Å². The van der Waals surface area contributed by atoms with Gasteiger partial charge in [0.1, 0.15) is 6.61 Å². The lowest BCUT2D eigenvalue weighted by Gasteiger charge is -2.31. The number of anilines is 1. The lowest BCUT2D eigenvalue weighted by atomic mass is 9.86. The fourth-order valence-electron chi connectivity index (χ4n) is 4.16. The van der Waals surface area contributed by atoms with Crippen LogP contribution < -0.4 is 10.9 Å². The van der Waals surface area contributed by atoms with Gasteiger partial charge in [0.2, 0.25) is 0 Å². The minimum atomic E-state index is -1.82. The number of carbonyl (C=O) groups excluding carboxylic acids is 1. The molecule has 0 radical (unpaired) electrons. The van der Waals surface area contributed by atoms with Gasteiger partial charge in [0.05, 0.1) is 35.4 Å². The number of cyclic esters (lactones) is 1. The molecule has 0 saturated carbocycles. The minimum absolute atomic E-state index is 0.114. The zero-order valence-electron chi connectivity index (χ0n) is 15.7. The number of carbonyl (C=O) groups is 1. The van der Waals surface area contributed by atoms with E-state index in [1.54, 1.807) is 17.6 Å². The number of nitrogens with zero attached hydrogens (tertiary/aromatic N) is 2. The van der Waals surface area contributed by atoms with Gasteiger partial charge >= 0.3 is 5.97 Å². The second-order valence-corrected chi connectivity index (χ2v) is 7.30. The van der Waals surface area contributed by atoms with Crippen molar-refractivity contribution in [2.24, 2.45) is 0 Å². The SMILES string of the molecule is CC[C@@]1(O)C(=O)OCc2c1cc1n(c2=O)Cc2cc3cc(NC=N)ccc3nc2-1. The topological polar surface area (TPSA) is 117 Å². The van der Waals surface area contributed by atoms with E-state index >= 15 is 0 Å². The number of benzene rings is 1. The number of rotatable bonds is 3. The molecule has 0 bridgehead atoms. The highest BCUT2D eigenvalue weighted by molar-refractivity contribution is 5.89. The van der Waals surface area contributed by atoms with Gasteiger partial charge in [-0.05, 0) is 36.8 Å². The number of aliphatic hydroxyl groups is 1. The number of nitrogens with one attached hydrogen (secondary N) is 2. The molecule has 0 unspecified atom stereocenters. The molecule has 3 aromatic rings. The molecule has 146 valence electrons. The summed E-state index contributed by atoms with van der Waals surface area (Å²) in [6.07, 6.45) is 1.22. The maximum absolute atomic E-state index is 13.1. The number of hydrogen-bond acceptors (Lipinski definition) is 6. The minimum Gasteiger partial charge on any atom is -0.458 e. The van der Waals surface area contributed by atoms with Crippen LogP contribution in [-0.2, 0) is 28.3 Å². The molecule has 8 nitrogen and oxygen atoms in total. The van der Waals surface area contributed by atoms with Crippen molar-refractivity contribution in [3.05, 3.63) is 57.4 Å². The molecule has 0 amide bonds. The van der Waals surface area contributed by atoms with E-state index in [9.17, 15) is 14.7 Å². The van der Waals surface area contributed by atoms with E-state index in [4.69, 9.17) is 15.1 Å². The van der Waals surface area contributed by atoms with Crippen LogP contribution in [0.15, 0.2) is 35.1 Å². The van der Waals surface area contributed by atoms with Crippen LogP contribution in [-0.4, -0.2) is 27.0 Å². The summed E-state index contributed by atoms with van der Waals surface area (Å²) in [7, 11) is 0. The zero-order valence-corrected chi connectivity index (χ0v) is 15.7. The molecule has 2 aromatic heterocycles. The number of ether oxygens (including phenoxy) is 1. The lowest BCUT2D eigenvalue weighted by Crippen LogP contribution is -2.44. The fourth-order valence-corrected chi connectivity index (χ4v) is 4.16. The van der Waals surface area contributed by atoms with Crippen LogP contribution in [0, 0.1) is 5.41 Å². The first-order valence-electron chi connectivity index (χ1n) is 9.32. The molecule has 29 heavy (non-hydrogen) atoms. The van der Waals surface area contributed by atoms with Gasteiger partial charge in [0, 0.05) is 22.2 Å². The molecule has 3 N–H and O–H groups in total. The van der Waals surface area contributed by atoms with Gasteiger partial charge in [-0.2, -0.15) is 0 Å². The fraction of sp³-hybridized carbons (Fsp3) is 0.238. The Morgan fingerprint density at radius 1 is 1.34 bits per heavy atom. The lowest BCUT2D eigenvalue weighted by molar-refractivity contribution is -0.172. The molecule has 5 rings (SSSR count). The Kier molecular flexibility index (Phi) is 3.63. The van der Waals surface area contributed by atoms with E-state index in [0.717, 1.165) is 28.5 Å². The van der Waals surface area contributed by atoms with Gasteiger partial charge in [-0.3, -0.25) is 10.2 Å². The van der Waals surface area contributed by atoms with Gasteiger partial charge in [-0.25, -0.2) is 9.78 Å². The number of aromatic nitrogens is 2. The Hall–Kier alpha value is -3.52. The summed E-state index contributed by atoms with van der Waals surface area (Å²) in [5, 5.41) is 21.8. The summed E-state index contributed by atoms with van der Waals surface area (Å²) >= 11 is 0. The highest BCUT2D eigenvalue weighted by atomic mass is 16.6. The summed E-state index contributed by atoms with van der Waals surface area (Å²) < 4.78 is 6.70. The molecule has 0 aliphatic carbocycles. The number of hydrogen-bond donors (Lipinski definition) is 3. The zero-order chi connectivity index (χ0) is 20.3. The normalized spacial score (nSPS) is 19.3. The van der Waals surface area contributed by atoms with E-state index in [1.165, 1.54) is 0 Å². The number of esters is 1. The molecule has 8 heteroatoms. The van der Waals surface area contributed by atoms with Crippen LogP contribution >= 0.6 is 0 Å². The summed E-state index contributed by atoms with van der Waals surface area (Å²) in [4.78, 5) is 30.1. The molecule has 2 aliphatic heterocycles. The summed E-state index contributed by atoms with van der Waals surface area (Å²) in [5.41, 5.74) is 2.21. The van der Waals surface area contributed by atoms with Gasteiger partial charge in [0.25, 0.3) is 5.56 Å². The first-order chi connectivity index (χ1) is 14.0. The van der Waals surface area contributed by atoms with Gasteiger partial charge in [0.15, 0.2) is 5.60 Å². The van der Waals surface area contributed by atoms with Crippen LogP contribution in [0.1, 0.15) is 30.0 Å². The molecule has 1 atom stereocenters. The Morgan fingerprint density at radius 2 is 2.17 bits per heavy atom. The summed E-state index contributed by atoms with van der Waals surface area (Å²) in [6, 6.07) is 9.25. The van der Waals surface area contributed by atoms with Crippen molar-refractivity contribution in [2.75, 3.05) is 5.32 Å². The molecular weight excluding hydrogens is 372 g/mol. The maximum atomic E-state index is 13.1. The van der Waals surface area contributed by atoms with Gasteiger partial charge in [-0.15, -0.1) is 0 Å². The van der Waals surface area contributed by atoms with E-state index in [-0.39, 0.29) is 18.6 Å². The average Bonchev–Trinajstić information content (AvgIpc) is 3.07. The predicted molar refractivity (Wildman–Crippen MR) is 107 cm³/mol. The van der Waals surface area contributed by atoms with Crippen molar-refractivity contribution >= 4 is 28.9 Å². The third kappa shape index (κ3) is 2.35. The van der Waals surface area contributed by atoms with Crippen LogP contribution in [0.3, 0.4) is 0 Å². The Morgan fingerprint density at radius 3 is 2.93 bits per heavy atom. The molecule has 0 spiro atoms. The monoisotopic (exact) mass is 390 g/mol. The average molecular weight is 390 g/mol. The summed E-state index contributed by atoms with van der Waals surface area (Å²) in [6.45, 7) is 1.90. The number of fused-ring (bicyclic) bond motifs is 5. The van der Waals surface area contributed by atoms with Crippen LogP contribution in [0.2, 0.25) is 0 Å². The van der Waals surface area contributed by atoms with Gasteiger partial charge in [-0.1, -0.05) is 6.92 Å². The molecule has 0 saturated heterocycles. The highest BCUT2D eigenvalue weighted by Crippen LogP contribution is 2.38. The molecule has 4 heterocycles. The van der Waals surface area contributed by atoms with Crippen molar-refractivity contribution in [3.8, 4) is 11.4 Å². The van der Waals surface area contributed by atoms with Gasteiger partial charge < -0.3 is 19.7 Å². The van der Waals surface area contributed by atoms with Crippen molar-refractivity contribution in [2.45, 2.75) is 32.1 Å². The van der Waals surface area contributed by atoms with Crippen molar-refractivity contribution < 1.29 is 14.6 Å².